The van der Waals surface area contributed by atoms with Gasteiger partial charge in [-0.05, 0) is 41.8 Å². The normalized spacial score (nSPS) is 10.4. The summed E-state index contributed by atoms with van der Waals surface area (Å²) in [6.45, 7) is 0.506. The Labute approximate surface area is 132 Å². The predicted molar refractivity (Wildman–Crippen MR) is 83.3 cm³/mol. The second-order valence-corrected chi connectivity index (χ2v) is 5.47. The molecule has 0 fully saturated rings. The molecule has 110 valence electrons. The first-order valence-corrected chi connectivity index (χ1v) is 7.25. The largest absolute Gasteiger partial charge is 0.355 e. The Morgan fingerprint density at radius 3 is 2.33 bits per heavy atom. The van der Waals surface area contributed by atoms with Gasteiger partial charge in [0.15, 0.2) is 0 Å². The topological polar surface area (TPSA) is 29.1 Å². The fourth-order valence-electron chi connectivity index (χ4n) is 1.89. The van der Waals surface area contributed by atoms with Crippen LogP contribution < -0.4 is 5.32 Å². The molecule has 2 aromatic carbocycles. The van der Waals surface area contributed by atoms with Crippen LogP contribution in [0.5, 0.6) is 0 Å². The summed E-state index contributed by atoms with van der Waals surface area (Å²) in [5.41, 5.74) is 1.79. The van der Waals surface area contributed by atoms with Gasteiger partial charge >= 0.3 is 0 Å². The molecule has 0 spiro atoms. The van der Waals surface area contributed by atoms with Gasteiger partial charge in [-0.15, -0.1) is 0 Å². The van der Waals surface area contributed by atoms with Crippen molar-refractivity contribution in [3.63, 3.8) is 0 Å². The molecule has 0 aliphatic carbocycles. The summed E-state index contributed by atoms with van der Waals surface area (Å²) >= 11 is 11.7. The van der Waals surface area contributed by atoms with E-state index in [9.17, 15) is 9.18 Å². The minimum absolute atomic E-state index is 0.0875. The van der Waals surface area contributed by atoms with E-state index in [2.05, 4.69) is 5.32 Å². The molecular weight excluding hydrogens is 312 g/mol. The van der Waals surface area contributed by atoms with Gasteiger partial charge in [-0.2, -0.15) is 0 Å². The van der Waals surface area contributed by atoms with E-state index in [1.165, 1.54) is 12.1 Å². The van der Waals surface area contributed by atoms with Crippen molar-refractivity contribution < 1.29 is 9.18 Å². The maximum atomic E-state index is 12.8. The molecule has 0 aromatic heterocycles. The van der Waals surface area contributed by atoms with Crippen molar-refractivity contribution in [2.45, 2.75) is 12.8 Å². The second kappa shape index (κ2) is 7.43. The molecule has 0 unspecified atom stereocenters. The molecule has 0 heterocycles. The van der Waals surface area contributed by atoms with Crippen molar-refractivity contribution >= 4 is 29.1 Å². The lowest BCUT2D eigenvalue weighted by Crippen LogP contribution is -2.27. The molecule has 5 heteroatoms. The maximum Gasteiger partial charge on any atom is 0.224 e. The van der Waals surface area contributed by atoms with Crippen molar-refractivity contribution in [3.8, 4) is 0 Å². The van der Waals surface area contributed by atoms with Crippen LogP contribution >= 0.6 is 23.2 Å². The molecule has 2 rings (SSSR count). The Morgan fingerprint density at radius 2 is 1.67 bits per heavy atom. The number of benzene rings is 2. The molecule has 0 bridgehead atoms. The van der Waals surface area contributed by atoms with Crippen LogP contribution in [0.1, 0.15) is 11.1 Å². The van der Waals surface area contributed by atoms with Gasteiger partial charge in [0.1, 0.15) is 5.82 Å². The monoisotopic (exact) mass is 325 g/mol. The summed E-state index contributed by atoms with van der Waals surface area (Å²) in [5, 5.41) is 3.73. The van der Waals surface area contributed by atoms with Crippen LogP contribution in [0.2, 0.25) is 10.0 Å². The smallest absolute Gasteiger partial charge is 0.224 e. The number of hydrogen-bond donors (Lipinski definition) is 1. The third-order valence-corrected chi connectivity index (χ3v) is 3.74. The number of carbonyl (C=O) groups excluding carboxylic acids is 1. The average molecular weight is 326 g/mol. The van der Waals surface area contributed by atoms with Crippen LogP contribution in [-0.4, -0.2) is 12.5 Å². The Bertz CT molecular complexity index is 629. The van der Waals surface area contributed by atoms with Crippen LogP contribution in [0, 0.1) is 5.82 Å². The van der Waals surface area contributed by atoms with Gasteiger partial charge in [0.2, 0.25) is 5.91 Å². The van der Waals surface area contributed by atoms with E-state index in [1.807, 2.05) is 0 Å². The number of amides is 1. The first kappa shape index (κ1) is 15.8. The molecule has 0 saturated carbocycles. The van der Waals surface area contributed by atoms with Crippen molar-refractivity contribution in [2.24, 2.45) is 0 Å². The van der Waals surface area contributed by atoms with Gasteiger partial charge in [-0.1, -0.05) is 41.4 Å². The van der Waals surface area contributed by atoms with Crippen LogP contribution in [0.15, 0.2) is 42.5 Å². The minimum atomic E-state index is -0.262. The first-order chi connectivity index (χ1) is 10.0. The quantitative estimate of drug-likeness (QED) is 0.883. The molecule has 1 N–H and O–H groups in total. The van der Waals surface area contributed by atoms with Gasteiger partial charge in [0.25, 0.3) is 0 Å². The van der Waals surface area contributed by atoms with E-state index in [4.69, 9.17) is 23.2 Å². The van der Waals surface area contributed by atoms with Gasteiger partial charge in [0.05, 0.1) is 16.5 Å². The molecule has 0 radical (unpaired) electrons. The zero-order chi connectivity index (χ0) is 15.2. The molecule has 0 atom stereocenters. The first-order valence-electron chi connectivity index (χ1n) is 6.49. The maximum absolute atomic E-state index is 12.8. The number of carbonyl (C=O) groups is 1. The molecule has 0 aliphatic rings. The summed E-state index contributed by atoms with van der Waals surface area (Å²) in [7, 11) is 0. The van der Waals surface area contributed by atoms with Gasteiger partial charge in [0, 0.05) is 6.54 Å². The molecule has 21 heavy (non-hydrogen) atoms. The zero-order valence-electron chi connectivity index (χ0n) is 11.2. The Kier molecular flexibility index (Phi) is 5.59. The number of halogens is 3. The third-order valence-electron chi connectivity index (χ3n) is 3.00. The summed E-state index contributed by atoms with van der Waals surface area (Å²) in [6.07, 6.45) is 0.910. The van der Waals surface area contributed by atoms with Crippen molar-refractivity contribution in [1.82, 2.24) is 5.32 Å². The number of hydrogen-bond acceptors (Lipinski definition) is 1. The van der Waals surface area contributed by atoms with Crippen LogP contribution in [0.4, 0.5) is 4.39 Å². The van der Waals surface area contributed by atoms with Crippen molar-refractivity contribution in [1.29, 1.82) is 0 Å². The highest BCUT2D eigenvalue weighted by atomic mass is 35.5. The Morgan fingerprint density at radius 1 is 1.00 bits per heavy atom. The van der Waals surface area contributed by atoms with E-state index in [0.29, 0.717) is 23.0 Å². The highest BCUT2D eigenvalue weighted by Crippen LogP contribution is 2.22. The lowest BCUT2D eigenvalue weighted by molar-refractivity contribution is -0.120. The molecule has 2 aromatic rings. The van der Waals surface area contributed by atoms with E-state index in [-0.39, 0.29) is 18.1 Å². The van der Waals surface area contributed by atoms with E-state index >= 15 is 0 Å². The lowest BCUT2D eigenvalue weighted by atomic mass is 10.1. The van der Waals surface area contributed by atoms with E-state index in [0.717, 1.165) is 11.1 Å². The molecular formula is C16H14Cl2FNO. The minimum Gasteiger partial charge on any atom is -0.355 e. The second-order valence-electron chi connectivity index (χ2n) is 4.65. The van der Waals surface area contributed by atoms with Crippen molar-refractivity contribution in [2.75, 3.05) is 6.54 Å². The van der Waals surface area contributed by atoms with Crippen LogP contribution in [0.25, 0.3) is 0 Å². The fourth-order valence-corrected chi connectivity index (χ4v) is 2.22. The standard InChI is InChI=1S/C16H14Cl2FNO/c17-14-6-3-12(9-15(14)18)10-16(21)20-8-7-11-1-4-13(19)5-2-11/h1-6,9H,7-8,10H2,(H,20,21). The fraction of sp³-hybridized carbons (Fsp3) is 0.188. The highest BCUT2D eigenvalue weighted by molar-refractivity contribution is 6.42. The van der Waals surface area contributed by atoms with Crippen LogP contribution in [0.3, 0.4) is 0 Å². The summed E-state index contributed by atoms with van der Waals surface area (Å²) in [5.74, 6) is -0.349. The summed E-state index contributed by atoms with van der Waals surface area (Å²) in [6, 6.07) is 11.4. The molecule has 0 saturated heterocycles. The third kappa shape index (κ3) is 5.03. The number of nitrogens with one attached hydrogen (secondary N) is 1. The van der Waals surface area contributed by atoms with Gasteiger partial charge < -0.3 is 5.32 Å². The Balaban J connectivity index is 1.79. The van der Waals surface area contributed by atoms with E-state index in [1.54, 1.807) is 30.3 Å². The molecule has 0 aliphatic heterocycles. The summed E-state index contributed by atoms with van der Waals surface area (Å²) < 4.78 is 12.8. The average Bonchev–Trinajstić information content (AvgIpc) is 2.45. The highest BCUT2D eigenvalue weighted by Gasteiger charge is 2.05. The SMILES string of the molecule is O=C(Cc1ccc(Cl)c(Cl)c1)NCCc1ccc(F)cc1. The predicted octanol–water partition coefficient (Wildman–Crippen LogP) is 4.03. The lowest BCUT2D eigenvalue weighted by Gasteiger charge is -2.06. The zero-order valence-corrected chi connectivity index (χ0v) is 12.7. The van der Waals surface area contributed by atoms with Crippen molar-refractivity contribution in [3.05, 3.63) is 69.5 Å². The Hall–Kier alpha value is -1.58. The molecule has 1 amide bonds. The summed E-state index contributed by atoms with van der Waals surface area (Å²) in [4.78, 5) is 11.8. The van der Waals surface area contributed by atoms with E-state index < -0.39 is 0 Å². The molecule has 2 nitrogen and oxygen atoms in total. The van der Waals surface area contributed by atoms with Gasteiger partial charge in [-0.3, -0.25) is 4.79 Å². The van der Waals surface area contributed by atoms with Crippen LogP contribution in [-0.2, 0) is 17.6 Å². The van der Waals surface area contributed by atoms with Gasteiger partial charge in [-0.25, -0.2) is 4.39 Å². The number of rotatable bonds is 5.